The Bertz CT molecular complexity index is 773. The van der Waals surface area contributed by atoms with Crippen LogP contribution in [0.2, 0.25) is 0 Å². The Labute approximate surface area is 158 Å². The van der Waals surface area contributed by atoms with E-state index in [4.69, 9.17) is 0 Å². The molecule has 7 nitrogen and oxygen atoms in total. The Hall–Kier alpha value is -1.87. The van der Waals surface area contributed by atoms with Crippen molar-refractivity contribution >= 4 is 39.3 Å². The van der Waals surface area contributed by atoms with E-state index in [1.165, 1.54) is 0 Å². The summed E-state index contributed by atoms with van der Waals surface area (Å²) in [5, 5.41) is 6.85. The molecule has 1 fully saturated rings. The maximum absolute atomic E-state index is 12.4. The first-order valence-electron chi connectivity index (χ1n) is 8.01. The summed E-state index contributed by atoms with van der Waals surface area (Å²) in [4.78, 5) is 31.1. The van der Waals surface area contributed by atoms with E-state index >= 15 is 0 Å². The summed E-state index contributed by atoms with van der Waals surface area (Å²) in [6.07, 6.45) is 4.93. The fourth-order valence-electron chi connectivity index (χ4n) is 2.79. The minimum atomic E-state index is -0.126. The van der Waals surface area contributed by atoms with Crippen molar-refractivity contribution in [3.63, 3.8) is 0 Å². The molecule has 1 N–H and O–H groups in total. The number of aromatic nitrogens is 3. The molecule has 9 heteroatoms. The number of hydrogen-bond donors (Lipinski definition) is 1. The zero-order valence-corrected chi connectivity index (χ0v) is 16.1. The second-order valence-corrected chi connectivity index (χ2v) is 7.69. The van der Waals surface area contributed by atoms with Gasteiger partial charge in [-0.15, -0.1) is 5.10 Å². The van der Waals surface area contributed by atoms with E-state index in [2.05, 4.69) is 35.8 Å². The second-order valence-electron chi connectivity index (χ2n) is 6.02. The molecule has 2 amide bonds. The fraction of sp³-hybridized carbons (Fsp3) is 0.438. The molecule has 25 heavy (non-hydrogen) atoms. The molecule has 0 radical (unpaired) electrons. The standard InChI is InChI=1S/C16H18BrN5O2S/c1-10-14(25-21-20-10)16(24)22-4-2-11(3-5-22)7-19-15(23)12-6-13(17)9-18-8-12/h6,8-9,11H,2-5,7H2,1H3,(H,19,23). The van der Waals surface area contributed by atoms with Crippen LogP contribution in [0.5, 0.6) is 0 Å². The van der Waals surface area contributed by atoms with Crippen LogP contribution in [0.1, 0.15) is 38.6 Å². The zero-order chi connectivity index (χ0) is 17.8. The van der Waals surface area contributed by atoms with Gasteiger partial charge in [0.1, 0.15) is 4.88 Å². The second kappa shape index (κ2) is 8.01. The lowest BCUT2D eigenvalue weighted by Crippen LogP contribution is -2.41. The van der Waals surface area contributed by atoms with E-state index < -0.39 is 0 Å². The number of amides is 2. The van der Waals surface area contributed by atoms with Crippen molar-refractivity contribution in [2.45, 2.75) is 19.8 Å². The summed E-state index contributed by atoms with van der Waals surface area (Å²) < 4.78 is 4.60. The third-order valence-electron chi connectivity index (χ3n) is 4.27. The smallest absolute Gasteiger partial charge is 0.267 e. The molecule has 0 saturated carbocycles. The van der Waals surface area contributed by atoms with Crippen LogP contribution >= 0.6 is 27.5 Å². The van der Waals surface area contributed by atoms with Crippen molar-refractivity contribution < 1.29 is 9.59 Å². The van der Waals surface area contributed by atoms with Crippen LogP contribution in [0.25, 0.3) is 0 Å². The van der Waals surface area contributed by atoms with E-state index in [0.717, 1.165) is 28.8 Å². The Morgan fingerprint density at radius 3 is 2.76 bits per heavy atom. The van der Waals surface area contributed by atoms with E-state index in [1.54, 1.807) is 25.4 Å². The molecule has 0 aromatic carbocycles. The molecule has 0 atom stereocenters. The van der Waals surface area contributed by atoms with Crippen LogP contribution in [-0.2, 0) is 0 Å². The topological polar surface area (TPSA) is 88.1 Å². The molecule has 0 aliphatic carbocycles. The Balaban J connectivity index is 1.47. The first-order valence-corrected chi connectivity index (χ1v) is 9.58. The summed E-state index contributed by atoms with van der Waals surface area (Å²) in [5.41, 5.74) is 1.22. The minimum Gasteiger partial charge on any atom is -0.352 e. The molecule has 132 valence electrons. The highest BCUT2D eigenvalue weighted by atomic mass is 79.9. The molecule has 3 heterocycles. The maximum Gasteiger partial charge on any atom is 0.267 e. The summed E-state index contributed by atoms with van der Waals surface area (Å²) in [5.74, 6) is 0.252. The molecule has 3 rings (SSSR count). The maximum atomic E-state index is 12.4. The SMILES string of the molecule is Cc1nnsc1C(=O)N1CCC(CNC(=O)c2cncc(Br)c2)CC1. The molecule has 2 aromatic heterocycles. The highest BCUT2D eigenvalue weighted by Crippen LogP contribution is 2.20. The molecular formula is C16H18BrN5O2S. The number of pyridine rings is 1. The van der Waals surface area contributed by atoms with Gasteiger partial charge in [-0.1, -0.05) is 4.49 Å². The predicted molar refractivity (Wildman–Crippen MR) is 97.5 cm³/mol. The number of rotatable bonds is 4. The number of piperidine rings is 1. The highest BCUT2D eigenvalue weighted by Gasteiger charge is 2.26. The van der Waals surface area contributed by atoms with Crippen molar-refractivity contribution in [3.8, 4) is 0 Å². The molecule has 2 aromatic rings. The van der Waals surface area contributed by atoms with Crippen LogP contribution in [0, 0.1) is 12.8 Å². The normalized spacial score (nSPS) is 15.2. The van der Waals surface area contributed by atoms with Gasteiger partial charge >= 0.3 is 0 Å². The van der Waals surface area contributed by atoms with Crippen LogP contribution in [0.3, 0.4) is 0 Å². The number of carbonyl (C=O) groups excluding carboxylic acids is 2. The number of likely N-dealkylation sites (tertiary alicyclic amines) is 1. The van der Waals surface area contributed by atoms with Gasteiger partial charge in [0, 0.05) is 36.5 Å². The van der Waals surface area contributed by atoms with Gasteiger partial charge in [-0.25, -0.2) is 0 Å². The molecule has 0 bridgehead atoms. The highest BCUT2D eigenvalue weighted by molar-refractivity contribution is 9.10. The number of aryl methyl sites for hydroxylation is 1. The van der Waals surface area contributed by atoms with Gasteiger partial charge in [0.2, 0.25) is 0 Å². The average Bonchev–Trinajstić information content (AvgIpc) is 3.05. The molecule has 0 unspecified atom stereocenters. The predicted octanol–water partition coefficient (Wildman–Crippen LogP) is 2.29. The van der Waals surface area contributed by atoms with E-state index in [9.17, 15) is 9.59 Å². The van der Waals surface area contributed by atoms with Gasteiger partial charge in [0.05, 0.1) is 11.3 Å². The Morgan fingerprint density at radius 1 is 1.36 bits per heavy atom. The lowest BCUT2D eigenvalue weighted by atomic mass is 9.96. The lowest BCUT2D eigenvalue weighted by molar-refractivity contribution is 0.0688. The quantitative estimate of drug-likeness (QED) is 0.814. The van der Waals surface area contributed by atoms with Crippen molar-refractivity contribution in [1.29, 1.82) is 0 Å². The molecule has 1 aliphatic rings. The van der Waals surface area contributed by atoms with Crippen LogP contribution in [-0.4, -0.2) is 50.9 Å². The summed E-state index contributed by atoms with van der Waals surface area (Å²) in [6, 6.07) is 1.75. The Morgan fingerprint density at radius 2 is 2.12 bits per heavy atom. The van der Waals surface area contributed by atoms with Crippen molar-refractivity contribution in [1.82, 2.24) is 24.8 Å². The van der Waals surface area contributed by atoms with Gasteiger partial charge in [-0.2, -0.15) is 0 Å². The van der Waals surface area contributed by atoms with Gasteiger partial charge in [0.15, 0.2) is 0 Å². The van der Waals surface area contributed by atoms with Gasteiger partial charge in [-0.3, -0.25) is 14.6 Å². The first-order chi connectivity index (χ1) is 12.0. The largest absolute Gasteiger partial charge is 0.352 e. The summed E-state index contributed by atoms with van der Waals surface area (Å²) in [7, 11) is 0. The molecule has 1 saturated heterocycles. The van der Waals surface area contributed by atoms with Crippen molar-refractivity contribution in [2.75, 3.05) is 19.6 Å². The number of nitrogens with zero attached hydrogens (tertiary/aromatic N) is 4. The van der Waals surface area contributed by atoms with Crippen molar-refractivity contribution in [3.05, 3.63) is 39.1 Å². The summed E-state index contributed by atoms with van der Waals surface area (Å²) >= 11 is 4.46. The number of halogens is 1. The van der Waals surface area contributed by atoms with E-state index in [0.29, 0.717) is 41.7 Å². The van der Waals surface area contributed by atoms with Crippen LogP contribution in [0.15, 0.2) is 22.9 Å². The third-order valence-corrected chi connectivity index (χ3v) is 5.52. The monoisotopic (exact) mass is 423 g/mol. The minimum absolute atomic E-state index is 0.00944. The molecular weight excluding hydrogens is 406 g/mol. The van der Waals surface area contributed by atoms with Crippen molar-refractivity contribution in [2.24, 2.45) is 5.92 Å². The first kappa shape index (κ1) is 17.9. The van der Waals surface area contributed by atoms with Gasteiger partial charge in [0.25, 0.3) is 11.8 Å². The van der Waals surface area contributed by atoms with Crippen LogP contribution < -0.4 is 5.32 Å². The fourth-order valence-corrected chi connectivity index (χ4v) is 3.78. The third kappa shape index (κ3) is 4.40. The lowest BCUT2D eigenvalue weighted by Gasteiger charge is -2.31. The number of nitrogens with one attached hydrogen (secondary N) is 1. The molecule has 1 aliphatic heterocycles. The van der Waals surface area contributed by atoms with E-state index in [-0.39, 0.29) is 11.8 Å². The van der Waals surface area contributed by atoms with Crippen LogP contribution in [0.4, 0.5) is 0 Å². The summed E-state index contributed by atoms with van der Waals surface area (Å²) in [6.45, 7) is 3.79. The van der Waals surface area contributed by atoms with E-state index in [1.807, 2.05) is 4.90 Å². The average molecular weight is 424 g/mol. The van der Waals surface area contributed by atoms with Gasteiger partial charge in [-0.05, 0) is 59.2 Å². The number of carbonyl (C=O) groups is 2. The number of hydrogen-bond acceptors (Lipinski definition) is 6. The zero-order valence-electron chi connectivity index (χ0n) is 13.7. The Kier molecular flexibility index (Phi) is 5.74. The molecule has 0 spiro atoms. The van der Waals surface area contributed by atoms with Gasteiger partial charge < -0.3 is 10.2 Å².